The Morgan fingerprint density at radius 1 is 0.955 bits per heavy atom. The number of benzene rings is 3. The Labute approximate surface area is 250 Å². The van der Waals surface area contributed by atoms with E-state index in [9.17, 15) is 22.4 Å². The van der Waals surface area contributed by atoms with Crippen molar-refractivity contribution in [1.29, 1.82) is 0 Å². The number of carbonyl (C=O) groups is 1. The fraction of sp³-hybridized carbons (Fsp3) is 0.219. The summed E-state index contributed by atoms with van der Waals surface area (Å²) in [7, 11) is 2.13. The second-order valence-electron chi connectivity index (χ2n) is 10.7. The van der Waals surface area contributed by atoms with Crippen molar-refractivity contribution < 1.29 is 22.4 Å². The van der Waals surface area contributed by atoms with Crippen molar-refractivity contribution in [3.63, 3.8) is 0 Å². The highest BCUT2D eigenvalue weighted by atomic mass is 19.4. The number of aromatic amines is 1. The highest BCUT2D eigenvalue weighted by Crippen LogP contribution is 2.33. The summed E-state index contributed by atoms with van der Waals surface area (Å²) in [5, 5.41) is 6.80. The number of halogens is 4. The molecule has 0 unspecified atom stereocenters. The van der Waals surface area contributed by atoms with Gasteiger partial charge in [-0.15, -0.1) is 0 Å². The van der Waals surface area contributed by atoms with Gasteiger partial charge in [0.25, 0.3) is 5.91 Å². The lowest BCUT2D eigenvalue weighted by Crippen LogP contribution is -2.44. The minimum Gasteiger partial charge on any atom is -0.369 e. The first-order valence-electron chi connectivity index (χ1n) is 14.0. The Kier molecular flexibility index (Phi) is 7.68. The van der Waals surface area contributed by atoms with Gasteiger partial charge >= 0.3 is 6.18 Å². The Morgan fingerprint density at radius 3 is 2.41 bits per heavy atom. The number of carbonyl (C=O) groups excluding carboxylic acids is 1. The molecule has 3 N–H and O–H groups in total. The molecule has 0 radical (unpaired) electrons. The Bertz CT molecular complexity index is 1830. The molecule has 2 aromatic heterocycles. The number of piperazine rings is 1. The number of rotatable bonds is 6. The zero-order chi connectivity index (χ0) is 31.0. The summed E-state index contributed by atoms with van der Waals surface area (Å²) in [6.07, 6.45) is -2.95. The van der Waals surface area contributed by atoms with Gasteiger partial charge in [0.1, 0.15) is 17.3 Å². The third-order valence-electron chi connectivity index (χ3n) is 7.78. The number of alkyl halides is 3. The number of aromatic nitrogens is 3. The average Bonchev–Trinajstić information content (AvgIpc) is 3.48. The van der Waals surface area contributed by atoms with Crippen LogP contribution < -0.4 is 15.5 Å². The molecule has 1 aliphatic rings. The Balaban J connectivity index is 1.26. The molecule has 8 nitrogen and oxygen atoms in total. The van der Waals surface area contributed by atoms with Crippen molar-refractivity contribution >= 4 is 39.8 Å². The van der Waals surface area contributed by atoms with E-state index in [0.29, 0.717) is 46.2 Å². The molecule has 3 aromatic carbocycles. The van der Waals surface area contributed by atoms with E-state index in [1.807, 2.05) is 18.2 Å². The second-order valence-corrected chi connectivity index (χ2v) is 10.7. The fourth-order valence-corrected chi connectivity index (χ4v) is 5.19. The number of anilines is 4. The third-order valence-corrected chi connectivity index (χ3v) is 7.78. The molecular weight excluding hydrogens is 574 g/mol. The van der Waals surface area contributed by atoms with E-state index in [0.717, 1.165) is 49.0 Å². The predicted octanol–water partition coefficient (Wildman–Crippen LogP) is 6.84. The number of hydrogen-bond donors (Lipinski definition) is 3. The molecule has 0 aliphatic carbocycles. The van der Waals surface area contributed by atoms with Crippen molar-refractivity contribution in [1.82, 2.24) is 19.9 Å². The molecule has 1 saturated heterocycles. The summed E-state index contributed by atoms with van der Waals surface area (Å²) in [5.41, 5.74) is 2.50. The van der Waals surface area contributed by atoms with Crippen molar-refractivity contribution in [3.8, 4) is 11.4 Å². The highest BCUT2D eigenvalue weighted by molar-refractivity contribution is 6.05. The molecule has 44 heavy (non-hydrogen) atoms. The molecule has 1 fully saturated rings. The van der Waals surface area contributed by atoms with E-state index >= 15 is 0 Å². The zero-order valence-corrected chi connectivity index (χ0v) is 24.0. The van der Waals surface area contributed by atoms with Crippen LogP contribution in [0.5, 0.6) is 0 Å². The van der Waals surface area contributed by atoms with E-state index < -0.39 is 29.0 Å². The van der Waals surface area contributed by atoms with Gasteiger partial charge in [-0.05, 0) is 74.1 Å². The number of likely N-dealkylation sites (N-methyl/N-ethyl adjacent to an activating group) is 1. The van der Waals surface area contributed by atoms with Crippen LogP contribution in [0.2, 0.25) is 0 Å². The molecule has 1 amide bonds. The second kappa shape index (κ2) is 11.6. The maximum Gasteiger partial charge on any atom is 0.416 e. The van der Waals surface area contributed by atoms with E-state index in [1.54, 1.807) is 31.3 Å². The lowest BCUT2D eigenvalue weighted by molar-refractivity contribution is -0.137. The van der Waals surface area contributed by atoms with Crippen LogP contribution in [-0.4, -0.2) is 59.0 Å². The van der Waals surface area contributed by atoms with E-state index in [1.165, 1.54) is 0 Å². The third kappa shape index (κ3) is 5.93. The van der Waals surface area contributed by atoms with Gasteiger partial charge in [-0.1, -0.05) is 12.1 Å². The number of hydrogen-bond acceptors (Lipinski definition) is 6. The summed E-state index contributed by atoms with van der Waals surface area (Å²) in [4.78, 5) is 30.1. The summed E-state index contributed by atoms with van der Waals surface area (Å²) < 4.78 is 53.3. The zero-order valence-electron chi connectivity index (χ0n) is 24.0. The first-order chi connectivity index (χ1) is 21.1. The van der Waals surface area contributed by atoms with E-state index in [-0.39, 0.29) is 0 Å². The molecule has 0 spiro atoms. The standard InChI is InChI=1S/C32H29F4N7O/c1-19-23(4-3-5-27(19)39-31(44)24-11-6-20(18-26(24)33)32(34,35)36)29-40-28-25(12-13-37-28)30(41-29)38-21-7-9-22(10-8-21)43-16-14-42(2)15-17-43/h3-13,18H,14-17H2,1-2H3,(H,39,44)(H2,37,38,40,41). The molecule has 0 atom stereocenters. The molecule has 0 bridgehead atoms. The van der Waals surface area contributed by atoms with Crippen LogP contribution in [0.3, 0.4) is 0 Å². The van der Waals surface area contributed by atoms with Crippen LogP contribution in [0.15, 0.2) is 72.9 Å². The van der Waals surface area contributed by atoms with Crippen LogP contribution in [0.1, 0.15) is 21.5 Å². The Hall–Kier alpha value is -4.97. The molecule has 0 saturated carbocycles. The molecule has 5 aromatic rings. The lowest BCUT2D eigenvalue weighted by atomic mass is 10.0. The van der Waals surface area contributed by atoms with Gasteiger partial charge in [-0.25, -0.2) is 14.4 Å². The van der Waals surface area contributed by atoms with Gasteiger partial charge in [-0.3, -0.25) is 4.79 Å². The van der Waals surface area contributed by atoms with E-state index in [4.69, 9.17) is 4.98 Å². The number of H-pyrrole nitrogens is 1. The number of fused-ring (bicyclic) bond motifs is 1. The molecule has 3 heterocycles. The van der Waals surface area contributed by atoms with Gasteiger partial charge in [0, 0.05) is 55.0 Å². The van der Waals surface area contributed by atoms with Crippen LogP contribution in [0.25, 0.3) is 22.4 Å². The maximum absolute atomic E-state index is 14.5. The minimum atomic E-state index is -4.72. The van der Waals surface area contributed by atoms with E-state index in [2.05, 4.69) is 49.6 Å². The van der Waals surface area contributed by atoms with Crippen LogP contribution in [0, 0.1) is 12.7 Å². The largest absolute Gasteiger partial charge is 0.416 e. The lowest BCUT2D eigenvalue weighted by Gasteiger charge is -2.34. The van der Waals surface area contributed by atoms with Crippen molar-refractivity contribution in [2.24, 2.45) is 0 Å². The summed E-state index contributed by atoms with van der Waals surface area (Å²) in [6, 6.07) is 17.0. The van der Waals surface area contributed by atoms with Crippen LogP contribution >= 0.6 is 0 Å². The Morgan fingerprint density at radius 2 is 1.70 bits per heavy atom. The summed E-state index contributed by atoms with van der Waals surface area (Å²) in [5.74, 6) is -1.18. The first kappa shape index (κ1) is 29.1. The van der Waals surface area contributed by atoms with Crippen molar-refractivity contribution in [2.45, 2.75) is 13.1 Å². The SMILES string of the molecule is Cc1c(NC(=O)c2ccc(C(F)(F)F)cc2F)cccc1-c1nc(Nc2ccc(N3CCN(C)CC3)cc2)c2cc[nH]c2n1. The minimum absolute atomic E-state index is 0.312. The van der Waals surface area contributed by atoms with Gasteiger partial charge < -0.3 is 25.4 Å². The molecule has 12 heteroatoms. The van der Waals surface area contributed by atoms with Crippen LogP contribution in [0.4, 0.5) is 40.4 Å². The summed E-state index contributed by atoms with van der Waals surface area (Å²) in [6.45, 7) is 5.73. The number of nitrogens with one attached hydrogen (secondary N) is 3. The smallest absolute Gasteiger partial charge is 0.369 e. The fourth-order valence-electron chi connectivity index (χ4n) is 5.19. The highest BCUT2D eigenvalue weighted by Gasteiger charge is 2.31. The monoisotopic (exact) mass is 603 g/mol. The van der Waals surface area contributed by atoms with Crippen molar-refractivity contribution in [3.05, 3.63) is 95.4 Å². The predicted molar refractivity (Wildman–Crippen MR) is 163 cm³/mol. The van der Waals surface area contributed by atoms with Gasteiger partial charge in [-0.2, -0.15) is 13.2 Å². The average molecular weight is 604 g/mol. The summed E-state index contributed by atoms with van der Waals surface area (Å²) >= 11 is 0. The van der Waals surface area contributed by atoms with Crippen molar-refractivity contribution in [2.75, 3.05) is 48.8 Å². The molecule has 1 aliphatic heterocycles. The van der Waals surface area contributed by atoms with Gasteiger partial charge in [0.05, 0.1) is 16.5 Å². The maximum atomic E-state index is 14.5. The molecular formula is C32H29F4N7O. The quantitative estimate of drug-likeness (QED) is 0.184. The van der Waals surface area contributed by atoms with Gasteiger partial charge in [0.2, 0.25) is 0 Å². The number of amides is 1. The first-order valence-corrected chi connectivity index (χ1v) is 14.0. The molecule has 226 valence electrons. The van der Waals surface area contributed by atoms with Gasteiger partial charge in [0.15, 0.2) is 5.82 Å². The topological polar surface area (TPSA) is 89.2 Å². The number of nitrogens with zero attached hydrogens (tertiary/aromatic N) is 4. The normalized spacial score (nSPS) is 14.2. The molecule has 6 rings (SSSR count). The van der Waals surface area contributed by atoms with Crippen LogP contribution in [-0.2, 0) is 6.18 Å².